The Bertz CT molecular complexity index is 593. The van der Waals surface area contributed by atoms with E-state index in [1.165, 1.54) is 12.1 Å². The Morgan fingerprint density at radius 1 is 1.45 bits per heavy atom. The number of rotatable bonds is 7. The lowest BCUT2D eigenvalue weighted by Gasteiger charge is -2.11. The van der Waals surface area contributed by atoms with Gasteiger partial charge in [-0.25, -0.2) is 13.1 Å². The van der Waals surface area contributed by atoms with Crippen molar-refractivity contribution in [2.75, 3.05) is 6.54 Å². The predicted octanol–water partition coefficient (Wildman–Crippen LogP) is 1.33. The summed E-state index contributed by atoms with van der Waals surface area (Å²) < 4.78 is 26.6. The maximum Gasteiger partial charge on any atom is 0.240 e. The molecule has 1 unspecified atom stereocenters. The third-order valence-corrected chi connectivity index (χ3v) is 4.86. The van der Waals surface area contributed by atoms with Gasteiger partial charge in [0.15, 0.2) is 5.78 Å². The highest BCUT2D eigenvalue weighted by atomic mass is 32.2. The van der Waals surface area contributed by atoms with Crippen LogP contribution in [0, 0.1) is 5.92 Å². The summed E-state index contributed by atoms with van der Waals surface area (Å²) in [4.78, 5) is 11.7. The highest BCUT2D eigenvalue weighted by molar-refractivity contribution is 7.89. The van der Waals surface area contributed by atoms with Gasteiger partial charge in [0, 0.05) is 18.5 Å². The summed E-state index contributed by atoms with van der Waals surface area (Å²) in [5, 5.41) is 9.70. The van der Waals surface area contributed by atoms with Crippen molar-refractivity contribution < 1.29 is 18.3 Å². The molecule has 0 bridgehead atoms. The number of nitrogens with one attached hydrogen (secondary N) is 1. The van der Waals surface area contributed by atoms with Crippen molar-refractivity contribution >= 4 is 15.8 Å². The van der Waals surface area contributed by atoms with E-state index in [0.717, 1.165) is 12.8 Å². The normalized spacial score (nSPS) is 16.9. The van der Waals surface area contributed by atoms with E-state index in [1.54, 1.807) is 19.1 Å². The molecule has 1 saturated carbocycles. The average molecular weight is 297 g/mol. The summed E-state index contributed by atoms with van der Waals surface area (Å²) in [7, 11) is -3.69. The first-order valence-electron chi connectivity index (χ1n) is 6.75. The molecule has 1 aromatic carbocycles. The number of aliphatic hydroxyl groups is 1. The van der Waals surface area contributed by atoms with Gasteiger partial charge in [0.1, 0.15) is 0 Å². The first kappa shape index (κ1) is 15.2. The first-order valence-corrected chi connectivity index (χ1v) is 8.23. The number of aliphatic hydroxyl groups excluding tert-OH is 1. The molecule has 20 heavy (non-hydrogen) atoms. The van der Waals surface area contributed by atoms with E-state index >= 15 is 0 Å². The second kappa shape index (κ2) is 6.03. The standard InChI is InChI=1S/C14H19NO4S/c1-2-13(16)11-4-3-5-12(8-11)20(18,19)15-9-14(17)10-6-7-10/h3-5,8,10,14-15,17H,2,6-7,9H2,1H3. The molecule has 0 amide bonds. The summed E-state index contributed by atoms with van der Waals surface area (Å²) in [5.74, 6) is 0.116. The van der Waals surface area contributed by atoms with Crippen molar-refractivity contribution in [2.45, 2.75) is 37.2 Å². The molecule has 1 aliphatic carbocycles. The highest BCUT2D eigenvalue weighted by Crippen LogP contribution is 2.32. The molecular weight excluding hydrogens is 278 g/mol. The number of carbonyl (C=O) groups excluding carboxylic acids is 1. The number of Topliss-reactive ketones (excluding diaryl/α,β-unsaturated/α-hetero) is 1. The fraction of sp³-hybridized carbons (Fsp3) is 0.500. The minimum absolute atomic E-state index is 0.0128. The summed E-state index contributed by atoms with van der Waals surface area (Å²) in [6.45, 7) is 1.74. The van der Waals surface area contributed by atoms with E-state index in [4.69, 9.17) is 0 Å². The molecule has 1 aliphatic rings. The zero-order valence-electron chi connectivity index (χ0n) is 11.4. The summed E-state index contributed by atoms with van der Waals surface area (Å²) in [5.41, 5.74) is 0.387. The maximum absolute atomic E-state index is 12.1. The van der Waals surface area contributed by atoms with Gasteiger partial charge < -0.3 is 5.11 Å². The third-order valence-electron chi connectivity index (χ3n) is 3.44. The minimum Gasteiger partial charge on any atom is -0.391 e. The molecule has 0 heterocycles. The molecular formula is C14H19NO4S. The second-order valence-electron chi connectivity index (χ2n) is 5.06. The summed E-state index contributed by atoms with van der Waals surface area (Å²) >= 11 is 0. The van der Waals surface area contributed by atoms with Crippen LogP contribution in [0.4, 0.5) is 0 Å². The lowest BCUT2D eigenvalue weighted by molar-refractivity contribution is 0.0988. The van der Waals surface area contributed by atoms with Crippen molar-refractivity contribution in [1.82, 2.24) is 4.72 Å². The number of hydrogen-bond donors (Lipinski definition) is 2. The van der Waals surface area contributed by atoms with Crippen molar-refractivity contribution in [3.05, 3.63) is 29.8 Å². The topological polar surface area (TPSA) is 83.5 Å². The zero-order valence-corrected chi connectivity index (χ0v) is 12.2. The molecule has 1 aromatic rings. The smallest absolute Gasteiger partial charge is 0.240 e. The lowest BCUT2D eigenvalue weighted by Crippen LogP contribution is -2.33. The van der Waals surface area contributed by atoms with Gasteiger partial charge in [-0.2, -0.15) is 0 Å². The van der Waals surface area contributed by atoms with Gasteiger partial charge in [0.05, 0.1) is 11.0 Å². The van der Waals surface area contributed by atoms with Crippen molar-refractivity contribution in [3.8, 4) is 0 Å². The van der Waals surface area contributed by atoms with Gasteiger partial charge in [0.2, 0.25) is 10.0 Å². The molecule has 1 fully saturated rings. The fourth-order valence-electron chi connectivity index (χ4n) is 1.97. The van der Waals surface area contributed by atoms with E-state index in [-0.39, 0.29) is 23.1 Å². The Hall–Kier alpha value is -1.24. The van der Waals surface area contributed by atoms with Gasteiger partial charge in [-0.05, 0) is 30.9 Å². The van der Waals surface area contributed by atoms with Crippen molar-refractivity contribution in [1.29, 1.82) is 0 Å². The van der Waals surface area contributed by atoms with Gasteiger partial charge >= 0.3 is 0 Å². The van der Waals surface area contributed by atoms with Crippen LogP contribution in [0.15, 0.2) is 29.2 Å². The summed E-state index contributed by atoms with van der Waals surface area (Å²) in [6, 6.07) is 5.97. The van der Waals surface area contributed by atoms with Crippen LogP contribution in [0.1, 0.15) is 36.5 Å². The van der Waals surface area contributed by atoms with Gasteiger partial charge in [0.25, 0.3) is 0 Å². The Morgan fingerprint density at radius 2 is 2.15 bits per heavy atom. The number of hydrogen-bond acceptors (Lipinski definition) is 4. The molecule has 2 N–H and O–H groups in total. The van der Waals surface area contributed by atoms with Gasteiger partial charge in [-0.3, -0.25) is 4.79 Å². The first-order chi connectivity index (χ1) is 9.44. The number of sulfonamides is 1. The van der Waals surface area contributed by atoms with Crippen LogP contribution >= 0.6 is 0 Å². The van der Waals surface area contributed by atoms with Crippen LogP contribution in [0.25, 0.3) is 0 Å². The fourth-order valence-corrected chi connectivity index (χ4v) is 3.06. The molecule has 2 rings (SSSR count). The van der Waals surface area contributed by atoms with Crippen molar-refractivity contribution in [2.24, 2.45) is 5.92 Å². The summed E-state index contributed by atoms with van der Waals surface area (Å²) in [6.07, 6.45) is 1.59. The van der Waals surface area contributed by atoms with Crippen LogP contribution < -0.4 is 4.72 Å². The molecule has 110 valence electrons. The van der Waals surface area contributed by atoms with E-state index in [9.17, 15) is 18.3 Å². The van der Waals surface area contributed by atoms with Gasteiger partial charge in [-0.15, -0.1) is 0 Å². The van der Waals surface area contributed by atoms with Crippen LogP contribution in [0.3, 0.4) is 0 Å². The molecule has 5 nitrogen and oxygen atoms in total. The van der Waals surface area contributed by atoms with E-state index < -0.39 is 16.1 Å². The third kappa shape index (κ3) is 3.65. The molecule has 0 saturated heterocycles. The van der Waals surface area contributed by atoms with Crippen LogP contribution in [-0.4, -0.2) is 32.0 Å². The molecule has 0 aliphatic heterocycles. The van der Waals surface area contributed by atoms with E-state index in [1.807, 2.05) is 0 Å². The maximum atomic E-state index is 12.1. The molecule has 6 heteroatoms. The largest absolute Gasteiger partial charge is 0.391 e. The Labute approximate surface area is 119 Å². The number of ketones is 1. The average Bonchev–Trinajstić information content (AvgIpc) is 3.28. The van der Waals surface area contributed by atoms with Crippen LogP contribution in [-0.2, 0) is 10.0 Å². The zero-order chi connectivity index (χ0) is 14.8. The van der Waals surface area contributed by atoms with E-state index in [0.29, 0.717) is 12.0 Å². The predicted molar refractivity (Wildman–Crippen MR) is 75.0 cm³/mol. The van der Waals surface area contributed by atoms with Crippen LogP contribution in [0.2, 0.25) is 0 Å². The number of carbonyl (C=O) groups is 1. The lowest BCUT2D eigenvalue weighted by atomic mass is 10.1. The minimum atomic E-state index is -3.69. The van der Waals surface area contributed by atoms with E-state index in [2.05, 4.69) is 4.72 Å². The number of benzene rings is 1. The SMILES string of the molecule is CCC(=O)c1cccc(S(=O)(=O)NCC(O)C2CC2)c1. The van der Waals surface area contributed by atoms with Gasteiger partial charge in [-0.1, -0.05) is 19.1 Å². The Kier molecular flexibility index (Phi) is 4.57. The second-order valence-corrected chi connectivity index (χ2v) is 6.83. The molecule has 0 spiro atoms. The molecule has 0 radical (unpaired) electrons. The van der Waals surface area contributed by atoms with Crippen LogP contribution in [0.5, 0.6) is 0 Å². The quantitative estimate of drug-likeness (QED) is 0.744. The van der Waals surface area contributed by atoms with Crippen molar-refractivity contribution in [3.63, 3.8) is 0 Å². The highest BCUT2D eigenvalue weighted by Gasteiger charge is 2.30. The Balaban J connectivity index is 2.10. The molecule has 1 atom stereocenters. The Morgan fingerprint density at radius 3 is 2.75 bits per heavy atom. The molecule has 0 aromatic heterocycles. The monoisotopic (exact) mass is 297 g/mol.